The SMILES string of the molecule is Cc1ccc(O)c(C(=O)Nc2cn[nH]c2)c1. The van der Waals surface area contributed by atoms with E-state index in [1.54, 1.807) is 18.3 Å². The number of H-pyrrole nitrogens is 1. The highest BCUT2D eigenvalue weighted by molar-refractivity contribution is 6.06. The molecule has 0 saturated heterocycles. The second-order valence-corrected chi connectivity index (χ2v) is 3.46. The topological polar surface area (TPSA) is 78.0 Å². The zero-order valence-corrected chi connectivity index (χ0v) is 8.69. The predicted octanol–water partition coefficient (Wildman–Crippen LogP) is 1.68. The monoisotopic (exact) mass is 217 g/mol. The first-order valence-corrected chi connectivity index (χ1v) is 4.76. The second kappa shape index (κ2) is 4.06. The number of carbonyl (C=O) groups is 1. The van der Waals surface area contributed by atoms with Gasteiger partial charge in [-0.3, -0.25) is 9.89 Å². The molecule has 1 aromatic heterocycles. The van der Waals surface area contributed by atoms with Crippen LogP contribution in [0.3, 0.4) is 0 Å². The Kier molecular flexibility index (Phi) is 2.59. The molecule has 1 heterocycles. The normalized spacial score (nSPS) is 10.1. The van der Waals surface area contributed by atoms with Crippen LogP contribution in [0.1, 0.15) is 15.9 Å². The Morgan fingerprint density at radius 2 is 2.31 bits per heavy atom. The fraction of sp³-hybridized carbons (Fsp3) is 0.0909. The lowest BCUT2D eigenvalue weighted by Crippen LogP contribution is -2.11. The lowest BCUT2D eigenvalue weighted by Gasteiger charge is -2.05. The fourth-order valence-corrected chi connectivity index (χ4v) is 1.35. The molecule has 0 fully saturated rings. The standard InChI is InChI=1S/C11H11N3O2/c1-7-2-3-10(15)9(4-7)11(16)14-8-5-12-13-6-8/h2-6,15H,1H3,(H,12,13)(H,14,16). The van der Waals surface area contributed by atoms with Crippen LogP contribution in [0.4, 0.5) is 5.69 Å². The van der Waals surface area contributed by atoms with Crippen molar-refractivity contribution in [2.45, 2.75) is 6.92 Å². The van der Waals surface area contributed by atoms with Crippen molar-refractivity contribution in [1.82, 2.24) is 10.2 Å². The smallest absolute Gasteiger partial charge is 0.259 e. The van der Waals surface area contributed by atoms with Crippen molar-refractivity contribution in [3.05, 3.63) is 41.7 Å². The molecule has 0 aliphatic heterocycles. The summed E-state index contributed by atoms with van der Waals surface area (Å²) in [6.45, 7) is 1.86. The molecule has 5 nitrogen and oxygen atoms in total. The quantitative estimate of drug-likeness (QED) is 0.716. The molecule has 82 valence electrons. The van der Waals surface area contributed by atoms with Crippen LogP contribution >= 0.6 is 0 Å². The third-order valence-corrected chi connectivity index (χ3v) is 2.15. The summed E-state index contributed by atoms with van der Waals surface area (Å²) in [5.41, 5.74) is 1.72. The van der Waals surface area contributed by atoms with Crippen molar-refractivity contribution in [3.63, 3.8) is 0 Å². The minimum Gasteiger partial charge on any atom is -0.507 e. The summed E-state index contributed by atoms with van der Waals surface area (Å²) >= 11 is 0. The number of nitrogens with zero attached hydrogens (tertiary/aromatic N) is 1. The van der Waals surface area contributed by atoms with Gasteiger partial charge in [0.05, 0.1) is 17.4 Å². The summed E-state index contributed by atoms with van der Waals surface area (Å²) in [5, 5.41) is 18.5. The van der Waals surface area contributed by atoms with Crippen LogP contribution in [-0.4, -0.2) is 21.2 Å². The minimum absolute atomic E-state index is 0.0356. The van der Waals surface area contributed by atoms with E-state index in [2.05, 4.69) is 15.5 Å². The molecular weight excluding hydrogens is 206 g/mol. The molecule has 0 aliphatic carbocycles. The number of rotatable bonds is 2. The zero-order valence-electron chi connectivity index (χ0n) is 8.69. The largest absolute Gasteiger partial charge is 0.507 e. The first-order chi connectivity index (χ1) is 7.66. The lowest BCUT2D eigenvalue weighted by molar-refractivity contribution is 0.102. The van der Waals surface area contributed by atoms with Gasteiger partial charge in [-0.1, -0.05) is 11.6 Å². The Hall–Kier alpha value is -2.30. The molecule has 0 bridgehead atoms. The van der Waals surface area contributed by atoms with E-state index in [0.29, 0.717) is 5.69 Å². The minimum atomic E-state index is -0.359. The summed E-state index contributed by atoms with van der Waals surface area (Å²) in [6.07, 6.45) is 3.05. The third kappa shape index (κ3) is 2.03. The summed E-state index contributed by atoms with van der Waals surface area (Å²) < 4.78 is 0. The average Bonchev–Trinajstić information content (AvgIpc) is 2.74. The van der Waals surface area contributed by atoms with Gasteiger partial charge in [0.2, 0.25) is 0 Å². The van der Waals surface area contributed by atoms with Gasteiger partial charge in [-0.2, -0.15) is 5.10 Å². The van der Waals surface area contributed by atoms with Crippen molar-refractivity contribution >= 4 is 11.6 Å². The Bertz CT molecular complexity index is 506. The van der Waals surface area contributed by atoms with Crippen LogP contribution in [0.2, 0.25) is 0 Å². The molecule has 16 heavy (non-hydrogen) atoms. The molecule has 1 amide bonds. The van der Waals surface area contributed by atoms with Crippen LogP contribution in [0, 0.1) is 6.92 Å². The number of carbonyl (C=O) groups excluding carboxylic acids is 1. The Morgan fingerprint density at radius 1 is 1.50 bits per heavy atom. The molecular formula is C11H11N3O2. The maximum absolute atomic E-state index is 11.8. The van der Waals surface area contributed by atoms with Gasteiger partial charge in [0, 0.05) is 6.20 Å². The molecule has 1 aromatic carbocycles. The van der Waals surface area contributed by atoms with Gasteiger partial charge in [0.15, 0.2) is 0 Å². The number of benzene rings is 1. The highest BCUT2D eigenvalue weighted by Gasteiger charge is 2.11. The van der Waals surface area contributed by atoms with Gasteiger partial charge in [0.1, 0.15) is 5.75 Å². The van der Waals surface area contributed by atoms with Crippen LogP contribution in [0.15, 0.2) is 30.6 Å². The van der Waals surface area contributed by atoms with Crippen LogP contribution in [0.25, 0.3) is 0 Å². The van der Waals surface area contributed by atoms with Crippen molar-refractivity contribution in [2.75, 3.05) is 5.32 Å². The van der Waals surface area contributed by atoms with E-state index in [9.17, 15) is 9.90 Å². The van der Waals surface area contributed by atoms with E-state index in [1.165, 1.54) is 12.3 Å². The van der Waals surface area contributed by atoms with E-state index >= 15 is 0 Å². The molecule has 3 N–H and O–H groups in total. The first-order valence-electron chi connectivity index (χ1n) is 4.76. The molecule has 0 spiro atoms. The van der Waals surface area contributed by atoms with Crippen molar-refractivity contribution in [1.29, 1.82) is 0 Å². The number of phenolic OH excluding ortho intramolecular Hbond substituents is 1. The fourth-order valence-electron chi connectivity index (χ4n) is 1.35. The number of aromatic nitrogens is 2. The predicted molar refractivity (Wildman–Crippen MR) is 59.4 cm³/mol. The number of aromatic amines is 1. The summed E-state index contributed by atoms with van der Waals surface area (Å²) in [7, 11) is 0. The Morgan fingerprint density at radius 3 is 3.00 bits per heavy atom. The van der Waals surface area contributed by atoms with E-state index < -0.39 is 0 Å². The Labute approximate surface area is 92.1 Å². The molecule has 0 atom stereocenters. The van der Waals surface area contributed by atoms with E-state index in [4.69, 9.17) is 0 Å². The molecule has 2 aromatic rings. The van der Waals surface area contributed by atoms with Gasteiger partial charge in [-0.05, 0) is 19.1 Å². The zero-order chi connectivity index (χ0) is 11.5. The molecule has 0 unspecified atom stereocenters. The van der Waals surface area contributed by atoms with Crippen molar-refractivity contribution in [3.8, 4) is 5.75 Å². The number of nitrogens with one attached hydrogen (secondary N) is 2. The summed E-state index contributed by atoms with van der Waals surface area (Å²) in [6, 6.07) is 4.87. The van der Waals surface area contributed by atoms with Crippen molar-refractivity contribution in [2.24, 2.45) is 0 Å². The number of anilines is 1. The number of aryl methyl sites for hydroxylation is 1. The third-order valence-electron chi connectivity index (χ3n) is 2.15. The maximum atomic E-state index is 11.8. The molecule has 2 rings (SSSR count). The maximum Gasteiger partial charge on any atom is 0.259 e. The highest BCUT2D eigenvalue weighted by Crippen LogP contribution is 2.19. The van der Waals surface area contributed by atoms with Crippen LogP contribution < -0.4 is 5.32 Å². The number of amides is 1. The van der Waals surface area contributed by atoms with E-state index in [1.807, 2.05) is 6.92 Å². The lowest BCUT2D eigenvalue weighted by atomic mass is 10.1. The Balaban J connectivity index is 2.24. The molecule has 0 saturated carbocycles. The molecule has 0 aliphatic rings. The second-order valence-electron chi connectivity index (χ2n) is 3.46. The van der Waals surface area contributed by atoms with Gasteiger partial charge >= 0.3 is 0 Å². The number of hydrogen-bond donors (Lipinski definition) is 3. The van der Waals surface area contributed by atoms with E-state index in [-0.39, 0.29) is 17.2 Å². The number of aromatic hydroxyl groups is 1. The van der Waals surface area contributed by atoms with Crippen LogP contribution in [-0.2, 0) is 0 Å². The summed E-state index contributed by atoms with van der Waals surface area (Å²) in [5.74, 6) is -0.394. The highest BCUT2D eigenvalue weighted by atomic mass is 16.3. The van der Waals surface area contributed by atoms with Crippen LogP contribution in [0.5, 0.6) is 5.75 Å². The van der Waals surface area contributed by atoms with E-state index in [0.717, 1.165) is 5.56 Å². The van der Waals surface area contributed by atoms with Gasteiger partial charge < -0.3 is 10.4 Å². The first kappa shape index (κ1) is 10.2. The number of phenols is 1. The van der Waals surface area contributed by atoms with Gasteiger partial charge in [-0.15, -0.1) is 0 Å². The molecule has 5 heteroatoms. The van der Waals surface area contributed by atoms with Crippen molar-refractivity contribution < 1.29 is 9.90 Å². The summed E-state index contributed by atoms with van der Waals surface area (Å²) in [4.78, 5) is 11.8. The molecule has 0 radical (unpaired) electrons. The number of hydrogen-bond acceptors (Lipinski definition) is 3. The average molecular weight is 217 g/mol. The van der Waals surface area contributed by atoms with Gasteiger partial charge in [-0.25, -0.2) is 0 Å². The van der Waals surface area contributed by atoms with Gasteiger partial charge in [0.25, 0.3) is 5.91 Å².